The molecule has 0 saturated heterocycles. The van der Waals surface area contributed by atoms with Gasteiger partial charge >= 0.3 is 0 Å². The summed E-state index contributed by atoms with van der Waals surface area (Å²) in [5, 5.41) is 2.83. The number of hydrogen-bond acceptors (Lipinski definition) is 3. The number of benzene rings is 1. The van der Waals surface area contributed by atoms with Crippen molar-refractivity contribution >= 4 is 5.91 Å². The average Bonchev–Trinajstić information content (AvgIpc) is 2.52. The molecule has 1 aromatic rings. The van der Waals surface area contributed by atoms with Crippen LogP contribution in [0.15, 0.2) is 36.9 Å². The van der Waals surface area contributed by atoms with Crippen molar-refractivity contribution in [2.75, 3.05) is 13.2 Å². The summed E-state index contributed by atoms with van der Waals surface area (Å²) in [6.45, 7) is 10.6. The van der Waals surface area contributed by atoms with E-state index in [0.29, 0.717) is 19.1 Å². The molecule has 1 rings (SSSR count). The van der Waals surface area contributed by atoms with Gasteiger partial charge in [0.05, 0.1) is 6.61 Å². The number of rotatable bonds is 9. The lowest BCUT2D eigenvalue weighted by Gasteiger charge is -2.17. The van der Waals surface area contributed by atoms with Crippen molar-refractivity contribution in [3.8, 4) is 0 Å². The molecular weight excluding hydrogens is 276 g/mol. The fourth-order valence-electron chi connectivity index (χ4n) is 2.00. The zero-order valence-electron chi connectivity index (χ0n) is 13.8. The topological polar surface area (TPSA) is 64.3 Å². The molecule has 0 bridgehead atoms. The maximum absolute atomic E-state index is 11.9. The molecule has 122 valence electrons. The van der Waals surface area contributed by atoms with Crippen molar-refractivity contribution in [1.29, 1.82) is 0 Å². The van der Waals surface area contributed by atoms with Crippen LogP contribution in [0.3, 0.4) is 0 Å². The summed E-state index contributed by atoms with van der Waals surface area (Å²) in [7, 11) is 0. The monoisotopic (exact) mass is 304 g/mol. The predicted molar refractivity (Wildman–Crippen MR) is 90.7 cm³/mol. The molecule has 0 aliphatic heterocycles. The lowest BCUT2D eigenvalue weighted by molar-refractivity contribution is -0.131. The summed E-state index contributed by atoms with van der Waals surface area (Å²) in [4.78, 5) is 11.9. The maximum atomic E-state index is 11.9. The van der Waals surface area contributed by atoms with Crippen molar-refractivity contribution in [1.82, 2.24) is 5.32 Å². The van der Waals surface area contributed by atoms with Crippen LogP contribution >= 0.6 is 0 Å². The molecule has 2 atom stereocenters. The van der Waals surface area contributed by atoms with Crippen LogP contribution in [0.25, 0.3) is 0 Å². The Morgan fingerprint density at radius 1 is 1.27 bits per heavy atom. The van der Waals surface area contributed by atoms with Crippen LogP contribution in [0.2, 0.25) is 0 Å². The molecule has 0 saturated carbocycles. The van der Waals surface area contributed by atoms with E-state index in [1.807, 2.05) is 12.1 Å². The van der Waals surface area contributed by atoms with Crippen LogP contribution in [0.5, 0.6) is 0 Å². The highest BCUT2D eigenvalue weighted by Crippen LogP contribution is 2.17. The molecule has 4 heteroatoms. The Balaban J connectivity index is 2.42. The number of carbonyl (C=O) groups excluding carboxylic acids is 1. The highest BCUT2D eigenvalue weighted by atomic mass is 16.5. The molecule has 0 aromatic heterocycles. The molecule has 0 aliphatic rings. The van der Waals surface area contributed by atoms with E-state index in [2.05, 4.69) is 37.9 Å². The summed E-state index contributed by atoms with van der Waals surface area (Å²) in [5.41, 5.74) is 8.42. The van der Waals surface area contributed by atoms with Gasteiger partial charge in [0.25, 0.3) is 0 Å². The predicted octanol–water partition coefficient (Wildman–Crippen LogP) is 2.91. The van der Waals surface area contributed by atoms with Crippen LogP contribution in [0.4, 0.5) is 0 Å². The van der Waals surface area contributed by atoms with Gasteiger partial charge in [0.1, 0.15) is 6.10 Å². The first kappa shape index (κ1) is 18.4. The molecule has 2 unspecified atom stereocenters. The van der Waals surface area contributed by atoms with E-state index >= 15 is 0 Å². The lowest BCUT2D eigenvalue weighted by atomic mass is 9.99. The molecular formula is C18H28N2O2. The second-order valence-electron chi connectivity index (χ2n) is 5.76. The van der Waals surface area contributed by atoms with Gasteiger partial charge in [-0.15, -0.1) is 6.58 Å². The molecule has 1 amide bonds. The van der Waals surface area contributed by atoms with Crippen LogP contribution < -0.4 is 11.1 Å². The van der Waals surface area contributed by atoms with E-state index < -0.39 is 6.10 Å². The minimum atomic E-state index is -0.476. The normalized spacial score (nSPS) is 13.7. The van der Waals surface area contributed by atoms with Crippen molar-refractivity contribution in [3.63, 3.8) is 0 Å². The number of carbonyl (C=O) groups is 1. The van der Waals surface area contributed by atoms with E-state index in [1.54, 1.807) is 13.0 Å². The molecule has 4 nitrogen and oxygen atoms in total. The number of nitrogens with two attached hydrogens (primary N) is 1. The molecule has 0 spiro atoms. The van der Waals surface area contributed by atoms with Crippen LogP contribution in [0.1, 0.15) is 50.3 Å². The maximum Gasteiger partial charge on any atom is 0.248 e. The highest BCUT2D eigenvalue weighted by Gasteiger charge is 2.14. The van der Waals surface area contributed by atoms with Crippen molar-refractivity contribution < 1.29 is 9.53 Å². The number of nitrogens with one attached hydrogen (secondary N) is 1. The van der Waals surface area contributed by atoms with Gasteiger partial charge in [-0.25, -0.2) is 0 Å². The van der Waals surface area contributed by atoms with E-state index in [-0.39, 0.29) is 11.9 Å². The van der Waals surface area contributed by atoms with Crippen LogP contribution in [-0.4, -0.2) is 25.2 Å². The van der Waals surface area contributed by atoms with Crippen LogP contribution in [0, 0.1) is 0 Å². The summed E-state index contributed by atoms with van der Waals surface area (Å²) < 4.78 is 5.40. The minimum Gasteiger partial charge on any atom is -0.368 e. The van der Waals surface area contributed by atoms with Crippen molar-refractivity contribution in [2.24, 2.45) is 5.73 Å². The Labute approximate surface area is 133 Å². The highest BCUT2D eigenvalue weighted by molar-refractivity contribution is 5.80. The zero-order chi connectivity index (χ0) is 16.5. The second kappa shape index (κ2) is 9.38. The third-order valence-corrected chi connectivity index (χ3v) is 3.59. The summed E-state index contributed by atoms with van der Waals surface area (Å²) >= 11 is 0. The molecule has 0 fully saturated rings. The second-order valence-corrected chi connectivity index (χ2v) is 5.76. The summed E-state index contributed by atoms with van der Waals surface area (Å²) in [5.74, 6) is 0.358. The fraction of sp³-hybridized carbons (Fsp3) is 0.500. The van der Waals surface area contributed by atoms with E-state index in [9.17, 15) is 4.79 Å². The lowest BCUT2D eigenvalue weighted by Crippen LogP contribution is -2.38. The Kier molecular flexibility index (Phi) is 7.85. The van der Waals surface area contributed by atoms with Gasteiger partial charge in [0, 0.05) is 12.6 Å². The number of amides is 1. The molecule has 0 heterocycles. The minimum absolute atomic E-state index is 0.140. The first-order valence-electron chi connectivity index (χ1n) is 7.81. The van der Waals surface area contributed by atoms with Gasteiger partial charge in [-0.05, 0) is 30.4 Å². The Bertz CT molecular complexity index is 468. The van der Waals surface area contributed by atoms with E-state index in [0.717, 1.165) is 12.0 Å². The van der Waals surface area contributed by atoms with Gasteiger partial charge in [0.15, 0.2) is 0 Å². The Morgan fingerprint density at radius 3 is 2.41 bits per heavy atom. The smallest absolute Gasteiger partial charge is 0.248 e. The van der Waals surface area contributed by atoms with E-state index in [4.69, 9.17) is 10.5 Å². The van der Waals surface area contributed by atoms with Crippen molar-refractivity contribution in [3.05, 3.63) is 48.0 Å². The fourth-order valence-corrected chi connectivity index (χ4v) is 2.00. The van der Waals surface area contributed by atoms with Gasteiger partial charge in [-0.2, -0.15) is 0 Å². The summed E-state index contributed by atoms with van der Waals surface area (Å²) in [6.07, 6.45) is 2.02. The Hall–Kier alpha value is -1.65. The first-order chi connectivity index (χ1) is 10.5. The first-order valence-corrected chi connectivity index (χ1v) is 7.81. The van der Waals surface area contributed by atoms with Gasteiger partial charge in [-0.3, -0.25) is 4.79 Å². The largest absolute Gasteiger partial charge is 0.368 e. The number of hydrogen-bond donors (Lipinski definition) is 2. The van der Waals surface area contributed by atoms with E-state index in [1.165, 1.54) is 5.56 Å². The van der Waals surface area contributed by atoms with Gasteiger partial charge in [-0.1, -0.05) is 44.2 Å². The standard InChI is InChI=1S/C18H28N2O2/c1-5-6-11-22-14(4)18(21)20-12-17(19)16-9-7-15(8-10-16)13(2)3/h5,7-10,13-14,17H,1,6,11-12,19H2,2-4H3,(H,20,21). The zero-order valence-corrected chi connectivity index (χ0v) is 13.8. The molecule has 0 aliphatic carbocycles. The van der Waals surface area contributed by atoms with Gasteiger partial charge < -0.3 is 15.8 Å². The molecule has 22 heavy (non-hydrogen) atoms. The third-order valence-electron chi connectivity index (χ3n) is 3.59. The summed E-state index contributed by atoms with van der Waals surface area (Å²) in [6, 6.07) is 8.00. The third kappa shape index (κ3) is 6.00. The average molecular weight is 304 g/mol. The molecule has 1 aromatic carbocycles. The Morgan fingerprint density at radius 2 is 1.86 bits per heavy atom. The molecule has 3 N–H and O–H groups in total. The quantitative estimate of drug-likeness (QED) is 0.544. The molecule has 0 radical (unpaired) electrons. The van der Waals surface area contributed by atoms with Crippen molar-refractivity contribution in [2.45, 2.75) is 45.3 Å². The van der Waals surface area contributed by atoms with Crippen LogP contribution in [-0.2, 0) is 9.53 Å². The van der Waals surface area contributed by atoms with Gasteiger partial charge in [0.2, 0.25) is 5.91 Å². The SMILES string of the molecule is C=CCCOC(C)C(=O)NCC(N)c1ccc(C(C)C)cc1. The number of ether oxygens (including phenoxy) is 1.